The summed E-state index contributed by atoms with van der Waals surface area (Å²) in [4.78, 5) is 111. The van der Waals surface area contributed by atoms with Crippen molar-refractivity contribution in [2.24, 2.45) is 0 Å². The zero-order valence-corrected chi connectivity index (χ0v) is 45.9. The summed E-state index contributed by atoms with van der Waals surface area (Å²) in [6.07, 6.45) is 0.355. The summed E-state index contributed by atoms with van der Waals surface area (Å²) in [6, 6.07) is 0. The molecule has 0 aromatic heterocycles. The maximum absolute atomic E-state index is 11.7. The lowest BCUT2D eigenvalue weighted by Gasteiger charge is -2.16. The smallest absolute Gasteiger partial charge is 0.332 e. The Labute approximate surface area is 462 Å². The molecule has 31 heteroatoms. The number of methoxy groups -OCH3 is 2. The summed E-state index contributed by atoms with van der Waals surface area (Å²) in [5.41, 5.74) is 0. The number of halogens is 1. The molecule has 0 amide bonds. The molecule has 0 saturated carbocycles. The van der Waals surface area contributed by atoms with Crippen LogP contribution >= 0.6 is 11.6 Å². The fourth-order valence-electron chi connectivity index (χ4n) is 4.28. The molecule has 0 heterocycles. The van der Waals surface area contributed by atoms with Crippen LogP contribution in [0, 0.1) is 0 Å². The Balaban J connectivity index is -0.00000135. The van der Waals surface area contributed by atoms with Gasteiger partial charge in [0.25, 0.3) is 0 Å². The van der Waals surface area contributed by atoms with Crippen LogP contribution in [0.4, 0.5) is 0 Å². The lowest BCUT2D eigenvalue weighted by molar-refractivity contribution is -0.161. The number of hydrogen-bond acceptors (Lipinski definition) is 30. The van der Waals surface area contributed by atoms with Crippen molar-refractivity contribution in [2.45, 2.75) is 26.1 Å². The van der Waals surface area contributed by atoms with Crippen LogP contribution in [0.5, 0.6) is 0 Å². The summed E-state index contributed by atoms with van der Waals surface area (Å²) in [6.45, 7) is 8.40. The van der Waals surface area contributed by atoms with Crippen LogP contribution in [0.25, 0.3) is 0 Å². The van der Waals surface area contributed by atoms with Gasteiger partial charge in [0, 0.05) is 20.3 Å². The van der Waals surface area contributed by atoms with E-state index in [0.29, 0.717) is 0 Å². The second kappa shape index (κ2) is 58.7. The van der Waals surface area contributed by atoms with E-state index in [-0.39, 0.29) is 197 Å². The van der Waals surface area contributed by atoms with Crippen molar-refractivity contribution in [3.63, 3.8) is 0 Å². The van der Waals surface area contributed by atoms with Gasteiger partial charge in [-0.1, -0.05) is 13.2 Å². The summed E-state index contributed by atoms with van der Waals surface area (Å²) in [5, 5.41) is 8.83. The minimum atomic E-state index is -0.899. The quantitative estimate of drug-likeness (QED) is 0.0232. The van der Waals surface area contributed by atoms with E-state index in [1.807, 2.05) is 0 Å². The first-order chi connectivity index (χ1) is 37.9. The molecule has 456 valence electrons. The number of Topliss-reactive ketones (excluding diaryl/α,β-unsaturated/α-hetero) is 2. The number of allylic oxidation sites excluding steroid dienone is 1. The first-order valence-electron chi connectivity index (χ1n) is 23.9. The highest BCUT2D eigenvalue weighted by molar-refractivity contribution is 6.66. The Morgan fingerprint density at radius 1 is 0.380 bits per heavy atom. The fraction of sp³-hybridized carbons (Fsp3) is 0.708. The Morgan fingerprint density at radius 2 is 0.646 bits per heavy atom. The van der Waals surface area contributed by atoms with Gasteiger partial charge in [-0.25, -0.2) is 33.6 Å². The van der Waals surface area contributed by atoms with Crippen molar-refractivity contribution in [1.29, 1.82) is 0 Å². The van der Waals surface area contributed by atoms with Gasteiger partial charge in [0.05, 0.1) is 92.5 Å². The number of aliphatic hydroxyl groups excluding tert-OH is 1. The average molecular weight is 1170 g/mol. The predicted octanol–water partition coefficient (Wildman–Crippen LogP) is -1.73. The molecule has 0 radical (unpaired) electrons. The lowest BCUT2D eigenvalue weighted by Crippen LogP contribution is -2.29. The molecule has 2 atom stereocenters. The zero-order chi connectivity index (χ0) is 59.6. The highest BCUT2D eigenvalue weighted by Crippen LogP contribution is 1.98. The monoisotopic (exact) mass is 1170 g/mol. The van der Waals surface area contributed by atoms with Crippen LogP contribution in [0.3, 0.4) is 0 Å². The van der Waals surface area contributed by atoms with E-state index in [1.165, 1.54) is 28.1 Å². The second-order valence-electron chi connectivity index (χ2n) is 14.6. The van der Waals surface area contributed by atoms with Gasteiger partial charge in [-0.2, -0.15) is 0 Å². The van der Waals surface area contributed by atoms with Crippen molar-refractivity contribution in [3.05, 3.63) is 25.3 Å². The molecule has 0 fully saturated rings. The third-order valence-corrected chi connectivity index (χ3v) is 7.72. The van der Waals surface area contributed by atoms with Crippen molar-refractivity contribution in [3.8, 4) is 0 Å². The largest absolute Gasteiger partial charge is 0.462 e. The molecular formula is C48H77ClO30. The van der Waals surface area contributed by atoms with Gasteiger partial charge in [0.15, 0.2) is 17.7 Å². The van der Waals surface area contributed by atoms with Crippen molar-refractivity contribution >= 4 is 70.2 Å². The minimum Gasteiger partial charge on any atom is -0.462 e. The number of esters is 7. The number of rotatable bonds is 51. The summed E-state index contributed by atoms with van der Waals surface area (Å²) >= 11 is 4.71. The molecule has 0 bridgehead atoms. The van der Waals surface area contributed by atoms with Gasteiger partial charge in [-0.3, -0.25) is 14.4 Å². The molecule has 0 aromatic rings. The van der Waals surface area contributed by atoms with Gasteiger partial charge in [0.2, 0.25) is 5.24 Å². The van der Waals surface area contributed by atoms with Gasteiger partial charge in [0.1, 0.15) is 98.6 Å². The van der Waals surface area contributed by atoms with Crippen molar-refractivity contribution in [1.82, 2.24) is 0 Å². The van der Waals surface area contributed by atoms with E-state index in [1.54, 1.807) is 0 Å². The van der Waals surface area contributed by atoms with Crippen LogP contribution in [0.1, 0.15) is 13.8 Å². The van der Waals surface area contributed by atoms with Crippen LogP contribution in [0.2, 0.25) is 0 Å². The van der Waals surface area contributed by atoms with E-state index in [9.17, 15) is 53.1 Å². The third kappa shape index (κ3) is 65.0. The summed E-state index contributed by atoms with van der Waals surface area (Å²) in [7, 11) is 2.82. The summed E-state index contributed by atoms with van der Waals surface area (Å²) in [5.74, 6) is -4.54. The SMILES string of the molecule is C=CC(=O)Cl.C=CC(=O)OC(COC)COC(=O)COCCOCC(=O)OCCOCCOC(=O)COCCOCC(C)=O.COCC(O)COC(=O)COCCOCC(=O)OCCOCCOC(=O)COCCOCC(C)=O. The van der Waals surface area contributed by atoms with Crippen molar-refractivity contribution < 1.29 is 143 Å². The van der Waals surface area contributed by atoms with Gasteiger partial charge in [-0.15, -0.1) is 0 Å². The fourth-order valence-corrected chi connectivity index (χ4v) is 4.28. The molecule has 0 rings (SSSR count). The first-order valence-corrected chi connectivity index (χ1v) is 24.3. The van der Waals surface area contributed by atoms with Gasteiger partial charge < -0.3 is 95.1 Å². The maximum Gasteiger partial charge on any atom is 0.332 e. The van der Waals surface area contributed by atoms with E-state index < -0.39 is 59.2 Å². The normalized spacial score (nSPS) is 11.2. The number of ether oxygens (including phenoxy) is 19. The molecule has 30 nitrogen and oxygen atoms in total. The second-order valence-corrected chi connectivity index (χ2v) is 15.0. The molecule has 1 N–H and O–H groups in total. The van der Waals surface area contributed by atoms with Crippen LogP contribution in [0.15, 0.2) is 25.3 Å². The van der Waals surface area contributed by atoms with Gasteiger partial charge in [-0.05, 0) is 31.5 Å². The molecular weight excluding hydrogens is 1090 g/mol. The topological polar surface area (TPSA) is 366 Å². The molecule has 0 aliphatic heterocycles. The Kier molecular flexibility index (Phi) is 57.8. The number of hydrogen-bond donors (Lipinski definition) is 1. The van der Waals surface area contributed by atoms with Gasteiger partial charge >= 0.3 is 41.8 Å². The summed E-state index contributed by atoms with van der Waals surface area (Å²) < 4.78 is 94.4. The van der Waals surface area contributed by atoms with E-state index in [0.717, 1.165) is 12.2 Å². The standard InChI is InChI=1S/C24H38O15.C21H36O14.C3H3ClO/c1-4-21(26)39-20(14-30-3)15-38-24(29)18-35-8-7-34-17-23(28)37-12-10-31-9-11-36-22(27)16-33-6-5-32-13-19(2)25;1-17(22)11-29-3-4-30-14-19(24)33-9-7-28-8-10-34-20(25)15-31-5-6-32-16-21(26)35-13-18(23)12-27-2;1-2-3(4)5/h4,20H,1,5-18H2,2-3H3;18,23H,3-16H2,1-2H3;2H,1H2. The van der Waals surface area contributed by atoms with E-state index in [2.05, 4.69) is 13.2 Å². The lowest BCUT2D eigenvalue weighted by atomic mass is 10.4. The molecule has 0 spiro atoms. The maximum atomic E-state index is 11.7. The molecule has 0 aromatic carbocycles. The highest BCUT2D eigenvalue weighted by atomic mass is 35.5. The molecule has 0 saturated heterocycles. The first kappa shape index (κ1) is 77.8. The number of ketones is 2. The highest BCUT2D eigenvalue weighted by Gasteiger charge is 2.16. The van der Waals surface area contributed by atoms with E-state index in [4.69, 9.17) is 102 Å². The Morgan fingerprint density at radius 3 is 0.911 bits per heavy atom. The Bertz CT molecular complexity index is 1680. The molecule has 2 unspecified atom stereocenters. The molecule has 79 heavy (non-hydrogen) atoms. The average Bonchev–Trinajstić information content (AvgIpc) is 3.40. The van der Waals surface area contributed by atoms with Crippen LogP contribution < -0.4 is 0 Å². The van der Waals surface area contributed by atoms with E-state index >= 15 is 0 Å². The third-order valence-electron chi connectivity index (χ3n) is 7.57. The number of carbonyl (C=O) groups is 10. The minimum absolute atomic E-state index is 0.0000612. The zero-order valence-electron chi connectivity index (χ0n) is 45.2. The van der Waals surface area contributed by atoms with Crippen LogP contribution in [-0.2, 0) is 138 Å². The number of carbonyl (C=O) groups excluding carboxylic acids is 10. The number of aliphatic hydroxyl groups is 1. The molecule has 0 aliphatic carbocycles. The molecule has 0 aliphatic rings. The Hall–Kier alpha value is -5.45. The van der Waals surface area contributed by atoms with Crippen LogP contribution in [-0.4, -0.2) is 275 Å². The van der Waals surface area contributed by atoms with Crippen molar-refractivity contribution in [2.75, 3.05) is 199 Å². The predicted molar refractivity (Wildman–Crippen MR) is 266 cm³/mol.